The van der Waals surface area contributed by atoms with Gasteiger partial charge in [-0.2, -0.15) is 0 Å². The summed E-state index contributed by atoms with van der Waals surface area (Å²) in [6.45, 7) is 3.81. The van der Waals surface area contributed by atoms with E-state index in [1.165, 1.54) is 0 Å². The van der Waals surface area contributed by atoms with Crippen LogP contribution in [-0.2, 0) is 4.57 Å². The van der Waals surface area contributed by atoms with E-state index >= 15 is 0 Å². The van der Waals surface area contributed by atoms with E-state index < -0.39 is 0 Å². The molecule has 2 aromatic carbocycles. The zero-order chi connectivity index (χ0) is 13.7. The van der Waals surface area contributed by atoms with Gasteiger partial charge in [0.2, 0.25) is 0 Å². The first-order valence-corrected chi connectivity index (χ1v) is 6.62. The summed E-state index contributed by atoms with van der Waals surface area (Å²) in [6.07, 6.45) is 0. The Kier molecular flexibility index (Phi) is 4.34. The van der Waals surface area contributed by atoms with E-state index in [9.17, 15) is 4.57 Å². The molecule has 94 valence electrons. The molecule has 0 saturated carbocycles. The molecule has 0 saturated heterocycles. The minimum Gasteiger partial charge on any atom is -0.407 e. The van der Waals surface area contributed by atoms with Gasteiger partial charge in [-0.3, -0.25) is 0 Å². The maximum Gasteiger partial charge on any atom is 0.395 e. The fraction of sp³-hybridized carbons (Fsp3) is 0.125. The lowest BCUT2D eigenvalue weighted by Crippen LogP contribution is -1.90. The quantitative estimate of drug-likeness (QED) is 0.599. The third-order valence-electron chi connectivity index (χ3n) is 2.83. The predicted octanol–water partition coefficient (Wildman–Crippen LogP) is 4.62. The van der Waals surface area contributed by atoms with E-state index in [4.69, 9.17) is 4.52 Å². The lowest BCUT2D eigenvalue weighted by molar-refractivity contribution is 0.526. The van der Waals surface area contributed by atoms with Gasteiger partial charge >= 0.3 is 8.69 Å². The van der Waals surface area contributed by atoms with E-state index in [0.29, 0.717) is 5.75 Å². The van der Waals surface area contributed by atoms with Crippen molar-refractivity contribution in [3.05, 3.63) is 53.6 Å². The minimum atomic E-state index is -0.355. The van der Waals surface area contributed by atoms with Gasteiger partial charge in [0.15, 0.2) is 0 Å². The van der Waals surface area contributed by atoms with Gasteiger partial charge in [0, 0.05) is 16.7 Å². The largest absolute Gasteiger partial charge is 0.407 e. The van der Waals surface area contributed by atoms with Gasteiger partial charge in [-0.1, -0.05) is 36.3 Å². The molecule has 0 N–H and O–H groups in total. The Hall–Kier alpha value is -2.10. The van der Waals surface area contributed by atoms with Crippen LogP contribution < -0.4 is 4.52 Å². The first-order valence-electron chi connectivity index (χ1n) is 5.89. The average molecular weight is 268 g/mol. The van der Waals surface area contributed by atoms with E-state index in [0.717, 1.165) is 22.3 Å². The van der Waals surface area contributed by atoms with Crippen molar-refractivity contribution in [1.82, 2.24) is 0 Å². The van der Waals surface area contributed by atoms with Crippen LogP contribution in [-0.4, -0.2) is 0 Å². The van der Waals surface area contributed by atoms with Gasteiger partial charge in [0.1, 0.15) is 5.75 Å². The van der Waals surface area contributed by atoms with Crippen LogP contribution >= 0.6 is 8.69 Å². The maximum absolute atomic E-state index is 10.7. The zero-order valence-corrected chi connectivity index (χ0v) is 11.7. The molecule has 2 nitrogen and oxygen atoms in total. The summed E-state index contributed by atoms with van der Waals surface area (Å²) in [5.74, 6) is 6.60. The van der Waals surface area contributed by atoms with E-state index in [1.54, 1.807) is 0 Å². The molecule has 0 amide bonds. The molecule has 3 heteroatoms. The second-order valence-corrected chi connectivity index (χ2v) is 4.37. The average Bonchev–Trinajstić information content (AvgIpc) is 2.41. The highest BCUT2D eigenvalue weighted by molar-refractivity contribution is 7.17. The highest BCUT2D eigenvalue weighted by atomic mass is 31.1. The van der Waals surface area contributed by atoms with Crippen molar-refractivity contribution in [2.45, 2.75) is 13.8 Å². The van der Waals surface area contributed by atoms with Crippen molar-refractivity contribution >= 4 is 8.69 Å². The maximum atomic E-state index is 10.7. The van der Waals surface area contributed by atoms with Crippen LogP contribution in [0.15, 0.2) is 42.5 Å². The van der Waals surface area contributed by atoms with Gasteiger partial charge in [0.05, 0.1) is 0 Å². The highest BCUT2D eigenvalue weighted by Gasteiger charge is 2.12. The molecule has 19 heavy (non-hydrogen) atoms. The molecule has 2 rings (SSSR count). The predicted molar refractivity (Wildman–Crippen MR) is 77.4 cm³/mol. The van der Waals surface area contributed by atoms with Crippen LogP contribution in [0.2, 0.25) is 0 Å². The van der Waals surface area contributed by atoms with E-state index in [2.05, 4.69) is 11.8 Å². The molecule has 0 radical (unpaired) electrons. The molecule has 0 bridgehead atoms. The number of hydrogen-bond donors (Lipinski definition) is 0. The Labute approximate surface area is 114 Å². The molecule has 0 fully saturated rings. The third-order valence-corrected chi connectivity index (χ3v) is 3.10. The fourth-order valence-electron chi connectivity index (χ4n) is 2.05. The SMILES string of the molecule is CC#Cc1ccccc1-c1c(C)cccc1OP=O. The molecular weight excluding hydrogens is 255 g/mol. The van der Waals surface area contributed by atoms with Crippen molar-refractivity contribution in [2.24, 2.45) is 0 Å². The Morgan fingerprint density at radius 1 is 1.11 bits per heavy atom. The molecule has 0 spiro atoms. The monoisotopic (exact) mass is 268 g/mol. The molecule has 0 unspecified atom stereocenters. The molecule has 2 aromatic rings. The fourth-order valence-corrected chi connectivity index (χ4v) is 2.28. The Morgan fingerprint density at radius 3 is 2.63 bits per heavy atom. The summed E-state index contributed by atoms with van der Waals surface area (Å²) in [7, 11) is -0.355. The second-order valence-electron chi connectivity index (χ2n) is 4.03. The van der Waals surface area contributed by atoms with Gasteiger partial charge in [0.25, 0.3) is 0 Å². The number of aryl methyl sites for hydroxylation is 1. The van der Waals surface area contributed by atoms with Crippen molar-refractivity contribution < 1.29 is 9.09 Å². The molecule has 0 aliphatic rings. The van der Waals surface area contributed by atoms with Gasteiger partial charge in [-0.25, -0.2) is 4.57 Å². The van der Waals surface area contributed by atoms with Crippen molar-refractivity contribution in [1.29, 1.82) is 0 Å². The molecule has 0 aromatic heterocycles. The van der Waals surface area contributed by atoms with Crippen molar-refractivity contribution in [2.75, 3.05) is 0 Å². The number of rotatable bonds is 3. The molecule has 0 aliphatic heterocycles. The molecule has 0 heterocycles. The van der Waals surface area contributed by atoms with Crippen LogP contribution in [0.4, 0.5) is 0 Å². The molecule has 0 atom stereocenters. The lowest BCUT2D eigenvalue weighted by Gasteiger charge is -2.12. The summed E-state index contributed by atoms with van der Waals surface area (Å²) in [4.78, 5) is 0. The van der Waals surface area contributed by atoms with Crippen LogP contribution in [0.3, 0.4) is 0 Å². The van der Waals surface area contributed by atoms with E-state index in [1.807, 2.05) is 56.3 Å². The lowest BCUT2D eigenvalue weighted by atomic mass is 9.95. The molecular formula is C16H13O2P. The van der Waals surface area contributed by atoms with Gasteiger partial charge in [-0.05, 0) is 31.5 Å². The topological polar surface area (TPSA) is 26.3 Å². The normalized spacial score (nSPS) is 9.79. The summed E-state index contributed by atoms with van der Waals surface area (Å²) >= 11 is 0. The van der Waals surface area contributed by atoms with Crippen LogP contribution in [0.1, 0.15) is 18.1 Å². The Balaban J connectivity index is 2.70. The zero-order valence-electron chi connectivity index (χ0n) is 10.8. The van der Waals surface area contributed by atoms with Crippen molar-refractivity contribution in [3.63, 3.8) is 0 Å². The first kappa shape index (κ1) is 13.3. The van der Waals surface area contributed by atoms with Crippen LogP contribution in [0.25, 0.3) is 11.1 Å². The highest BCUT2D eigenvalue weighted by Crippen LogP contribution is 2.36. The summed E-state index contributed by atoms with van der Waals surface area (Å²) < 4.78 is 15.9. The standard InChI is InChI=1S/C16H13O2P/c1-3-7-13-9-4-5-10-14(13)16-12(2)8-6-11-15(16)18-19-17/h4-6,8-11H,1-2H3. The number of benzene rings is 2. The Bertz CT molecular complexity index is 666. The van der Waals surface area contributed by atoms with Crippen LogP contribution in [0, 0.1) is 18.8 Å². The first-order chi connectivity index (χ1) is 9.27. The smallest absolute Gasteiger partial charge is 0.395 e. The minimum absolute atomic E-state index is 0.355. The van der Waals surface area contributed by atoms with Gasteiger partial charge < -0.3 is 4.52 Å². The second kappa shape index (κ2) is 6.18. The summed E-state index contributed by atoms with van der Waals surface area (Å²) in [5, 5.41) is 0. The van der Waals surface area contributed by atoms with Crippen molar-refractivity contribution in [3.8, 4) is 28.7 Å². The van der Waals surface area contributed by atoms with E-state index in [-0.39, 0.29) is 8.69 Å². The van der Waals surface area contributed by atoms with Crippen LogP contribution in [0.5, 0.6) is 5.75 Å². The number of hydrogen-bond acceptors (Lipinski definition) is 2. The summed E-state index contributed by atoms with van der Waals surface area (Å²) in [5.41, 5.74) is 3.93. The molecule has 0 aliphatic carbocycles. The summed E-state index contributed by atoms with van der Waals surface area (Å²) in [6, 6.07) is 13.6. The third kappa shape index (κ3) is 2.84. The van der Waals surface area contributed by atoms with Gasteiger partial charge in [-0.15, -0.1) is 5.92 Å². The Morgan fingerprint density at radius 2 is 1.89 bits per heavy atom.